The van der Waals surface area contributed by atoms with Crippen molar-refractivity contribution in [2.75, 3.05) is 11.6 Å². The number of nitriles is 3. The fourth-order valence-corrected chi connectivity index (χ4v) is 4.03. The molecule has 1 N–H and O–H groups in total. The van der Waals surface area contributed by atoms with E-state index < -0.39 is 0 Å². The number of thiophene rings is 1. The highest BCUT2D eigenvalue weighted by Gasteiger charge is 2.21. The number of fused-ring (bicyclic) bond motifs is 1. The third kappa shape index (κ3) is 2.65. The Labute approximate surface area is 126 Å². The number of hydrogen-bond acceptors (Lipinski definition) is 6. The Morgan fingerprint density at radius 1 is 1.20 bits per heavy atom. The van der Waals surface area contributed by atoms with Crippen LogP contribution in [0.5, 0.6) is 0 Å². The number of thioether (sulfide) groups is 1. The first-order valence-electron chi connectivity index (χ1n) is 6.15. The van der Waals surface area contributed by atoms with E-state index >= 15 is 0 Å². The van der Waals surface area contributed by atoms with E-state index in [0.29, 0.717) is 10.6 Å². The SMILES string of the molecule is CSC(Nc1sc2c(c1C#N)CCCC2)=C(C#N)C#N. The molecule has 0 unspecified atom stereocenters. The largest absolute Gasteiger partial charge is 0.339 e. The van der Waals surface area contributed by atoms with E-state index in [1.807, 2.05) is 12.1 Å². The highest BCUT2D eigenvalue weighted by Crippen LogP contribution is 2.39. The maximum absolute atomic E-state index is 9.37. The standard InChI is InChI=1S/C14H12N4S2/c1-19-13(9(6-15)7-16)18-14-11(8-17)10-4-2-3-5-12(10)20-14/h18H,2-5H2,1H3. The van der Waals surface area contributed by atoms with Crippen molar-refractivity contribution in [2.24, 2.45) is 0 Å². The molecule has 0 saturated carbocycles. The van der Waals surface area contributed by atoms with Gasteiger partial charge < -0.3 is 5.32 Å². The Balaban J connectivity index is 2.43. The summed E-state index contributed by atoms with van der Waals surface area (Å²) in [7, 11) is 0. The number of nitrogens with one attached hydrogen (secondary N) is 1. The van der Waals surface area contributed by atoms with Crippen molar-refractivity contribution < 1.29 is 0 Å². The molecular weight excluding hydrogens is 288 g/mol. The molecule has 1 aromatic rings. The lowest BCUT2D eigenvalue weighted by atomic mass is 9.96. The molecule has 100 valence electrons. The second kappa shape index (κ2) is 6.48. The summed E-state index contributed by atoms with van der Waals surface area (Å²) in [5.74, 6) is 0. The molecule has 0 fully saturated rings. The van der Waals surface area contributed by atoms with Gasteiger partial charge in [-0.2, -0.15) is 15.8 Å². The second-order valence-corrected chi connectivity index (χ2v) is 6.21. The smallest absolute Gasteiger partial charge is 0.159 e. The first-order chi connectivity index (χ1) is 9.74. The molecule has 0 bridgehead atoms. The molecule has 6 heteroatoms. The van der Waals surface area contributed by atoms with Crippen molar-refractivity contribution in [3.63, 3.8) is 0 Å². The Bertz CT molecular complexity index is 664. The summed E-state index contributed by atoms with van der Waals surface area (Å²) >= 11 is 2.88. The van der Waals surface area contributed by atoms with Crippen LogP contribution < -0.4 is 5.32 Å². The van der Waals surface area contributed by atoms with E-state index in [2.05, 4.69) is 11.4 Å². The lowest BCUT2D eigenvalue weighted by Gasteiger charge is -2.09. The van der Waals surface area contributed by atoms with Gasteiger partial charge in [0, 0.05) is 4.88 Å². The minimum Gasteiger partial charge on any atom is -0.339 e. The van der Waals surface area contributed by atoms with Gasteiger partial charge in [0.1, 0.15) is 28.2 Å². The molecule has 0 aliphatic heterocycles. The fraction of sp³-hybridized carbons (Fsp3) is 0.357. The maximum atomic E-state index is 9.37. The van der Waals surface area contributed by atoms with Crippen molar-refractivity contribution in [1.82, 2.24) is 0 Å². The zero-order chi connectivity index (χ0) is 14.5. The molecule has 0 atom stereocenters. The molecule has 1 heterocycles. The van der Waals surface area contributed by atoms with Crippen molar-refractivity contribution in [1.29, 1.82) is 15.8 Å². The average Bonchev–Trinajstić information content (AvgIpc) is 2.84. The fourth-order valence-electron chi connectivity index (χ4n) is 2.22. The maximum Gasteiger partial charge on any atom is 0.159 e. The molecule has 1 aliphatic rings. The quantitative estimate of drug-likeness (QED) is 0.863. The summed E-state index contributed by atoms with van der Waals surface area (Å²) in [6.45, 7) is 0. The third-order valence-electron chi connectivity index (χ3n) is 3.16. The first kappa shape index (κ1) is 14.5. The molecule has 4 nitrogen and oxygen atoms in total. The van der Waals surface area contributed by atoms with Crippen LogP contribution in [-0.4, -0.2) is 6.26 Å². The van der Waals surface area contributed by atoms with Gasteiger partial charge in [-0.25, -0.2) is 0 Å². The van der Waals surface area contributed by atoms with Crippen LogP contribution in [0.4, 0.5) is 5.00 Å². The van der Waals surface area contributed by atoms with Crippen molar-refractivity contribution in [2.45, 2.75) is 25.7 Å². The molecule has 20 heavy (non-hydrogen) atoms. The van der Waals surface area contributed by atoms with Gasteiger partial charge in [-0.15, -0.1) is 23.1 Å². The van der Waals surface area contributed by atoms with Gasteiger partial charge >= 0.3 is 0 Å². The predicted molar refractivity (Wildman–Crippen MR) is 81.1 cm³/mol. The summed E-state index contributed by atoms with van der Waals surface area (Å²) in [5.41, 5.74) is 1.86. The summed E-state index contributed by atoms with van der Waals surface area (Å²) in [6, 6.07) is 6.02. The van der Waals surface area contributed by atoms with E-state index in [4.69, 9.17) is 10.5 Å². The summed E-state index contributed by atoms with van der Waals surface area (Å²) in [6.07, 6.45) is 6.03. The van der Waals surface area contributed by atoms with E-state index in [9.17, 15) is 5.26 Å². The summed E-state index contributed by atoms with van der Waals surface area (Å²) < 4.78 is 0. The van der Waals surface area contributed by atoms with Crippen LogP contribution in [0.3, 0.4) is 0 Å². The van der Waals surface area contributed by atoms with Crippen LogP contribution in [0.2, 0.25) is 0 Å². The highest BCUT2D eigenvalue weighted by atomic mass is 32.2. The molecule has 2 rings (SSSR count). The van der Waals surface area contributed by atoms with Gasteiger partial charge in [0.2, 0.25) is 0 Å². The Morgan fingerprint density at radius 3 is 2.50 bits per heavy atom. The molecule has 0 saturated heterocycles. The van der Waals surface area contributed by atoms with Crippen LogP contribution in [0.15, 0.2) is 10.6 Å². The van der Waals surface area contributed by atoms with Crippen LogP contribution in [-0.2, 0) is 12.8 Å². The van der Waals surface area contributed by atoms with Crippen LogP contribution in [0.25, 0.3) is 0 Å². The van der Waals surface area contributed by atoms with Gasteiger partial charge in [0.05, 0.1) is 5.56 Å². The number of anilines is 1. The van der Waals surface area contributed by atoms with E-state index in [1.165, 1.54) is 16.6 Å². The molecule has 0 amide bonds. The Hall–Kier alpha value is -1.94. The van der Waals surface area contributed by atoms with Gasteiger partial charge in [-0.05, 0) is 37.5 Å². The number of rotatable bonds is 3. The lowest BCUT2D eigenvalue weighted by Crippen LogP contribution is -2.01. The number of aryl methyl sites for hydroxylation is 1. The monoisotopic (exact) mass is 300 g/mol. The van der Waals surface area contributed by atoms with Gasteiger partial charge in [-0.3, -0.25) is 0 Å². The van der Waals surface area contributed by atoms with Crippen LogP contribution in [0.1, 0.15) is 28.8 Å². The zero-order valence-electron chi connectivity index (χ0n) is 11.0. The van der Waals surface area contributed by atoms with Gasteiger partial charge in [0.25, 0.3) is 0 Å². The molecule has 1 aliphatic carbocycles. The lowest BCUT2D eigenvalue weighted by molar-refractivity contribution is 0.696. The van der Waals surface area contributed by atoms with E-state index in [-0.39, 0.29) is 5.57 Å². The Kier molecular flexibility index (Phi) is 4.69. The first-order valence-corrected chi connectivity index (χ1v) is 8.19. The average molecular weight is 300 g/mol. The topological polar surface area (TPSA) is 83.4 Å². The van der Waals surface area contributed by atoms with Crippen molar-refractivity contribution >= 4 is 28.1 Å². The van der Waals surface area contributed by atoms with Gasteiger partial charge in [-0.1, -0.05) is 0 Å². The molecular formula is C14H12N4S2. The Morgan fingerprint density at radius 2 is 1.90 bits per heavy atom. The van der Waals surface area contributed by atoms with Crippen molar-refractivity contribution in [3.8, 4) is 18.2 Å². The third-order valence-corrected chi connectivity index (χ3v) is 5.09. The van der Waals surface area contributed by atoms with Crippen LogP contribution in [0, 0.1) is 34.0 Å². The van der Waals surface area contributed by atoms with E-state index in [0.717, 1.165) is 36.2 Å². The molecule has 0 radical (unpaired) electrons. The number of hydrogen-bond donors (Lipinski definition) is 1. The minimum atomic E-state index is 0.0489. The summed E-state index contributed by atoms with van der Waals surface area (Å²) in [5, 5.41) is 31.6. The van der Waals surface area contributed by atoms with Crippen molar-refractivity contribution in [3.05, 3.63) is 26.6 Å². The summed E-state index contributed by atoms with van der Waals surface area (Å²) in [4.78, 5) is 1.26. The normalized spacial score (nSPS) is 12.5. The number of nitrogens with zero attached hydrogens (tertiary/aromatic N) is 3. The van der Waals surface area contributed by atoms with Crippen LogP contribution >= 0.6 is 23.1 Å². The molecule has 1 aromatic heterocycles. The van der Waals surface area contributed by atoms with Gasteiger partial charge in [0.15, 0.2) is 5.57 Å². The van der Waals surface area contributed by atoms with E-state index in [1.54, 1.807) is 17.6 Å². The predicted octanol–water partition coefficient (Wildman–Crippen LogP) is 3.53. The molecule has 0 spiro atoms. The second-order valence-electron chi connectivity index (χ2n) is 4.28. The highest BCUT2D eigenvalue weighted by molar-refractivity contribution is 8.02. The minimum absolute atomic E-state index is 0.0489. The molecule has 0 aromatic carbocycles. The number of allylic oxidation sites excluding steroid dienone is 1. The zero-order valence-corrected chi connectivity index (χ0v) is 12.6.